The van der Waals surface area contributed by atoms with Gasteiger partial charge in [0.05, 0.1) is 29.7 Å². The lowest BCUT2D eigenvalue weighted by atomic mass is 10.1. The van der Waals surface area contributed by atoms with Crippen molar-refractivity contribution >= 4 is 31.7 Å². The van der Waals surface area contributed by atoms with Crippen molar-refractivity contribution in [1.29, 1.82) is 0 Å². The van der Waals surface area contributed by atoms with E-state index in [2.05, 4.69) is 15.9 Å². The van der Waals surface area contributed by atoms with E-state index in [0.717, 1.165) is 0 Å². The van der Waals surface area contributed by atoms with Crippen LogP contribution in [0.5, 0.6) is 5.75 Å². The number of methoxy groups -OCH3 is 1. The van der Waals surface area contributed by atoms with E-state index in [1.54, 1.807) is 0 Å². The van der Waals surface area contributed by atoms with Crippen molar-refractivity contribution in [2.75, 3.05) is 19.5 Å². The van der Waals surface area contributed by atoms with Gasteiger partial charge in [0.25, 0.3) is 0 Å². The van der Waals surface area contributed by atoms with Crippen molar-refractivity contribution in [2.45, 2.75) is 5.75 Å². The Labute approximate surface area is 119 Å². The van der Waals surface area contributed by atoms with Crippen molar-refractivity contribution in [3.8, 4) is 5.75 Å². The second-order valence-electron chi connectivity index (χ2n) is 3.74. The number of sulfone groups is 1. The van der Waals surface area contributed by atoms with Gasteiger partial charge in [-0.2, -0.15) is 0 Å². The van der Waals surface area contributed by atoms with Crippen molar-refractivity contribution in [3.63, 3.8) is 0 Å². The van der Waals surface area contributed by atoms with Crippen LogP contribution >= 0.6 is 15.9 Å². The van der Waals surface area contributed by atoms with Crippen LogP contribution in [-0.4, -0.2) is 44.1 Å². The highest BCUT2D eigenvalue weighted by molar-refractivity contribution is 9.10. The number of halogens is 1. The second-order valence-corrected chi connectivity index (χ2v) is 6.77. The van der Waals surface area contributed by atoms with Gasteiger partial charge in [0.15, 0.2) is 9.84 Å². The molecule has 1 aromatic rings. The summed E-state index contributed by atoms with van der Waals surface area (Å²) in [5, 5.41) is 17.9. The SMILES string of the molecule is COc1c(Br)ccc(CS(=O)(=O)CCO)c1C(=O)O. The lowest BCUT2D eigenvalue weighted by molar-refractivity contribution is 0.0692. The van der Waals surface area contributed by atoms with E-state index in [0.29, 0.717) is 4.47 Å². The number of aliphatic hydroxyl groups excluding tert-OH is 1. The van der Waals surface area contributed by atoms with Crippen LogP contribution in [0.4, 0.5) is 0 Å². The van der Waals surface area contributed by atoms with Gasteiger partial charge in [-0.1, -0.05) is 6.07 Å². The van der Waals surface area contributed by atoms with E-state index in [1.165, 1.54) is 19.2 Å². The van der Waals surface area contributed by atoms with Crippen LogP contribution in [0.3, 0.4) is 0 Å². The monoisotopic (exact) mass is 352 g/mol. The van der Waals surface area contributed by atoms with Crippen molar-refractivity contribution in [1.82, 2.24) is 0 Å². The Balaban J connectivity index is 3.33. The Morgan fingerprint density at radius 2 is 2.05 bits per heavy atom. The van der Waals surface area contributed by atoms with Crippen LogP contribution in [0.15, 0.2) is 16.6 Å². The summed E-state index contributed by atoms with van der Waals surface area (Å²) >= 11 is 3.14. The number of hydrogen-bond donors (Lipinski definition) is 2. The van der Waals surface area contributed by atoms with Crippen molar-refractivity contribution in [2.24, 2.45) is 0 Å². The third-order valence-corrected chi connectivity index (χ3v) is 4.57. The van der Waals surface area contributed by atoms with Gasteiger partial charge in [-0.25, -0.2) is 13.2 Å². The molecule has 0 aliphatic carbocycles. The number of aliphatic hydroxyl groups is 1. The van der Waals surface area contributed by atoms with Gasteiger partial charge in [-0.05, 0) is 27.6 Å². The number of hydrogen-bond acceptors (Lipinski definition) is 5. The molecule has 106 valence electrons. The minimum Gasteiger partial charge on any atom is -0.495 e. The number of rotatable bonds is 6. The van der Waals surface area contributed by atoms with Gasteiger partial charge in [-0.15, -0.1) is 0 Å². The first-order valence-electron chi connectivity index (χ1n) is 5.22. The maximum absolute atomic E-state index is 11.7. The van der Waals surface area contributed by atoms with E-state index in [-0.39, 0.29) is 16.9 Å². The molecule has 2 N–H and O–H groups in total. The standard InChI is InChI=1S/C11H13BrO6S/c1-18-10-8(12)3-2-7(9(10)11(14)15)6-19(16,17)5-4-13/h2-3,13H,4-6H2,1H3,(H,14,15). The molecule has 0 unspecified atom stereocenters. The maximum Gasteiger partial charge on any atom is 0.339 e. The average molecular weight is 353 g/mol. The molecule has 0 aliphatic heterocycles. The van der Waals surface area contributed by atoms with E-state index in [1.807, 2.05) is 0 Å². The third-order valence-electron chi connectivity index (χ3n) is 2.39. The van der Waals surface area contributed by atoms with Gasteiger partial charge in [0.2, 0.25) is 0 Å². The van der Waals surface area contributed by atoms with Crippen LogP contribution < -0.4 is 4.74 Å². The summed E-state index contributed by atoms with van der Waals surface area (Å²) in [4.78, 5) is 11.3. The number of ether oxygens (including phenoxy) is 1. The third kappa shape index (κ3) is 3.92. The van der Waals surface area contributed by atoms with Crippen molar-refractivity contribution < 1.29 is 28.2 Å². The highest BCUT2D eigenvalue weighted by Crippen LogP contribution is 2.32. The molecule has 8 heteroatoms. The average Bonchev–Trinajstić information content (AvgIpc) is 2.30. The normalized spacial score (nSPS) is 11.3. The Bertz CT molecular complexity index is 581. The summed E-state index contributed by atoms with van der Waals surface area (Å²) < 4.78 is 28.7. The number of carbonyl (C=O) groups is 1. The van der Waals surface area contributed by atoms with Crippen LogP contribution in [-0.2, 0) is 15.6 Å². The zero-order chi connectivity index (χ0) is 14.6. The summed E-state index contributed by atoms with van der Waals surface area (Å²) in [5.41, 5.74) is -0.0700. The maximum atomic E-state index is 11.7. The molecule has 1 rings (SSSR count). The molecule has 0 bridgehead atoms. The zero-order valence-corrected chi connectivity index (χ0v) is 12.5. The number of aromatic carboxylic acids is 1. The molecule has 0 aliphatic rings. The van der Waals surface area contributed by atoms with Gasteiger partial charge in [0, 0.05) is 0 Å². The molecule has 0 saturated heterocycles. The largest absolute Gasteiger partial charge is 0.495 e. The topological polar surface area (TPSA) is 101 Å². The van der Waals surface area contributed by atoms with Gasteiger partial charge < -0.3 is 14.9 Å². The van der Waals surface area contributed by atoms with Crippen LogP contribution in [0.25, 0.3) is 0 Å². The molecule has 1 aromatic carbocycles. The van der Waals surface area contributed by atoms with E-state index in [9.17, 15) is 18.3 Å². The number of benzene rings is 1. The number of carboxylic acid groups (broad SMARTS) is 1. The Morgan fingerprint density at radius 1 is 1.42 bits per heavy atom. The molecule has 0 radical (unpaired) electrons. The molecular weight excluding hydrogens is 340 g/mol. The fraction of sp³-hybridized carbons (Fsp3) is 0.364. The summed E-state index contributed by atoms with van der Waals surface area (Å²) in [6.45, 7) is -0.502. The quantitative estimate of drug-likeness (QED) is 0.793. The minimum atomic E-state index is -3.56. The minimum absolute atomic E-state index is 0.0733. The predicted octanol–water partition coefficient (Wildman–Crippen LogP) is 1.06. The molecule has 0 fully saturated rings. The van der Waals surface area contributed by atoms with Crippen LogP contribution in [0.2, 0.25) is 0 Å². The first-order valence-corrected chi connectivity index (χ1v) is 7.83. The lowest BCUT2D eigenvalue weighted by Gasteiger charge is -2.12. The fourth-order valence-corrected chi connectivity index (χ4v) is 3.23. The highest BCUT2D eigenvalue weighted by atomic mass is 79.9. The fourth-order valence-electron chi connectivity index (χ4n) is 1.60. The van der Waals surface area contributed by atoms with E-state index in [4.69, 9.17) is 9.84 Å². The van der Waals surface area contributed by atoms with E-state index >= 15 is 0 Å². The molecule has 0 spiro atoms. The Kier molecular flexibility index (Phi) is 5.33. The van der Waals surface area contributed by atoms with E-state index < -0.39 is 33.9 Å². The number of carboxylic acids is 1. The Hall–Kier alpha value is -1.12. The summed E-state index contributed by atoms with van der Waals surface area (Å²) in [6, 6.07) is 2.93. The highest BCUT2D eigenvalue weighted by Gasteiger charge is 2.22. The molecule has 0 amide bonds. The smallest absolute Gasteiger partial charge is 0.339 e. The molecule has 0 saturated carbocycles. The first-order chi connectivity index (χ1) is 8.82. The van der Waals surface area contributed by atoms with Gasteiger partial charge in [-0.3, -0.25) is 0 Å². The lowest BCUT2D eigenvalue weighted by Crippen LogP contribution is -2.15. The molecule has 0 aromatic heterocycles. The van der Waals surface area contributed by atoms with Crippen molar-refractivity contribution in [3.05, 3.63) is 27.7 Å². The molecule has 6 nitrogen and oxygen atoms in total. The second kappa shape index (κ2) is 6.36. The Morgan fingerprint density at radius 3 is 2.53 bits per heavy atom. The van der Waals surface area contributed by atoms with Crippen LogP contribution in [0, 0.1) is 0 Å². The molecule has 0 atom stereocenters. The molecule has 0 heterocycles. The van der Waals surface area contributed by atoms with Crippen LogP contribution in [0.1, 0.15) is 15.9 Å². The summed E-state index contributed by atoms with van der Waals surface area (Å²) in [7, 11) is -2.26. The van der Waals surface area contributed by atoms with Gasteiger partial charge in [0.1, 0.15) is 11.3 Å². The molecule has 19 heavy (non-hydrogen) atoms. The summed E-state index contributed by atoms with van der Waals surface area (Å²) in [5.74, 6) is -2.07. The van der Waals surface area contributed by atoms with Gasteiger partial charge >= 0.3 is 5.97 Å². The zero-order valence-electron chi connectivity index (χ0n) is 10.1. The first kappa shape index (κ1) is 15.9. The molecular formula is C11H13BrO6S. The predicted molar refractivity (Wildman–Crippen MR) is 72.2 cm³/mol. The summed E-state index contributed by atoms with van der Waals surface area (Å²) in [6.07, 6.45) is 0.